The molecule has 4 aromatic carbocycles. The molecule has 0 amide bonds. The molecule has 45 heavy (non-hydrogen) atoms. The van der Waals surface area contributed by atoms with E-state index in [0.717, 1.165) is 16.9 Å². The molecule has 0 spiro atoms. The molecule has 0 radical (unpaired) electrons. The number of benzene rings is 4. The van der Waals surface area contributed by atoms with Crippen molar-refractivity contribution in [2.24, 2.45) is 0 Å². The van der Waals surface area contributed by atoms with Crippen LogP contribution in [0.15, 0.2) is 95.5 Å². The summed E-state index contributed by atoms with van der Waals surface area (Å²) in [6.07, 6.45) is 1.93. The van der Waals surface area contributed by atoms with Gasteiger partial charge in [0.15, 0.2) is 0 Å². The first-order valence-corrected chi connectivity index (χ1v) is 15.1. The van der Waals surface area contributed by atoms with Crippen molar-refractivity contribution in [3.05, 3.63) is 102 Å². The van der Waals surface area contributed by atoms with Gasteiger partial charge in [-0.15, -0.1) is 0 Å². The lowest BCUT2D eigenvalue weighted by molar-refractivity contribution is 0.0634. The molecule has 0 saturated heterocycles. The molecular weight excluding hydrogens is 566 g/mol. The van der Waals surface area contributed by atoms with Crippen LogP contribution in [0.2, 0.25) is 0 Å². The third-order valence-corrected chi connectivity index (χ3v) is 8.98. The number of para-hydroxylation sites is 2. The van der Waals surface area contributed by atoms with Crippen molar-refractivity contribution < 1.29 is 18.6 Å². The van der Waals surface area contributed by atoms with E-state index in [1.54, 1.807) is 4.57 Å². The quantitative estimate of drug-likeness (QED) is 0.210. The van der Waals surface area contributed by atoms with E-state index in [1.807, 2.05) is 6.20 Å². The standard InChI is InChI=1S/C36H29N5O4/c1-36(2)28-19-22(30-21-40-33(37-30)43-17-15-42-16-18-44-35-39-38-34(40)45-35)11-13-24(28)25-14-12-23(20-29(25)36)41-31-9-5-3-7-26(31)27-8-4-6-10-32(27)41/h3-14,19-21H,15-18H2,1-2H3. The molecule has 0 atom stereocenters. The lowest BCUT2D eigenvalue weighted by atomic mass is 9.81. The molecule has 0 N–H and O–H groups in total. The average Bonchev–Trinajstić information content (AvgIpc) is 3.82. The lowest BCUT2D eigenvalue weighted by Gasteiger charge is -2.22. The van der Waals surface area contributed by atoms with Crippen molar-refractivity contribution in [3.63, 3.8) is 0 Å². The van der Waals surface area contributed by atoms with Crippen molar-refractivity contribution in [2.75, 3.05) is 26.4 Å². The van der Waals surface area contributed by atoms with Crippen LogP contribution in [0, 0.1) is 0 Å². The number of hydrogen-bond acceptors (Lipinski definition) is 7. The van der Waals surface area contributed by atoms with E-state index in [-0.39, 0.29) is 17.5 Å². The molecule has 7 aromatic rings. The fraction of sp³-hybridized carbons (Fsp3) is 0.194. The summed E-state index contributed by atoms with van der Waals surface area (Å²) in [5, 5.41) is 10.6. The maximum Gasteiger partial charge on any atom is 0.416 e. The molecule has 4 heterocycles. The molecule has 0 unspecified atom stereocenters. The van der Waals surface area contributed by atoms with Gasteiger partial charge in [-0.2, -0.15) is 4.98 Å². The number of imidazole rings is 1. The Balaban J connectivity index is 1.13. The van der Waals surface area contributed by atoms with Crippen LogP contribution in [0.1, 0.15) is 25.0 Å². The molecular formula is C36H29N5O4. The van der Waals surface area contributed by atoms with Crippen LogP contribution in [0.4, 0.5) is 0 Å². The summed E-state index contributed by atoms with van der Waals surface area (Å²) in [5.74, 6) is 0. The molecule has 2 aliphatic rings. The summed E-state index contributed by atoms with van der Waals surface area (Å²) < 4.78 is 26.8. The zero-order valence-electron chi connectivity index (χ0n) is 24.9. The number of ether oxygens (including phenoxy) is 3. The zero-order chi connectivity index (χ0) is 30.1. The third-order valence-electron chi connectivity index (χ3n) is 8.98. The van der Waals surface area contributed by atoms with Gasteiger partial charge in [-0.1, -0.05) is 78.6 Å². The summed E-state index contributed by atoms with van der Waals surface area (Å²) in [4.78, 5) is 4.82. The molecule has 0 saturated carbocycles. The summed E-state index contributed by atoms with van der Waals surface area (Å²) >= 11 is 0. The summed E-state index contributed by atoms with van der Waals surface area (Å²) in [6.45, 7) is 6.05. The van der Waals surface area contributed by atoms with Gasteiger partial charge in [0.2, 0.25) is 0 Å². The third kappa shape index (κ3) is 4.00. The predicted molar refractivity (Wildman–Crippen MR) is 171 cm³/mol. The topological polar surface area (TPSA) is 89.4 Å². The van der Waals surface area contributed by atoms with Gasteiger partial charge < -0.3 is 23.2 Å². The van der Waals surface area contributed by atoms with Gasteiger partial charge in [-0.05, 0) is 52.6 Å². The molecule has 9 rings (SSSR count). The Morgan fingerprint density at radius 1 is 0.711 bits per heavy atom. The molecule has 222 valence electrons. The van der Waals surface area contributed by atoms with Crippen LogP contribution in [-0.4, -0.2) is 50.7 Å². The van der Waals surface area contributed by atoms with Gasteiger partial charge in [-0.3, -0.25) is 0 Å². The fourth-order valence-electron chi connectivity index (χ4n) is 6.81. The first-order valence-electron chi connectivity index (χ1n) is 15.1. The number of rotatable bonds is 2. The summed E-state index contributed by atoms with van der Waals surface area (Å²) in [5.41, 5.74) is 10.1. The van der Waals surface area contributed by atoms with E-state index in [2.05, 4.69) is 114 Å². The van der Waals surface area contributed by atoms with Crippen molar-refractivity contribution in [1.82, 2.24) is 24.3 Å². The number of aromatic nitrogens is 5. The zero-order valence-corrected chi connectivity index (χ0v) is 24.9. The highest BCUT2D eigenvalue weighted by Crippen LogP contribution is 2.50. The Morgan fingerprint density at radius 2 is 1.40 bits per heavy atom. The molecule has 3 aromatic heterocycles. The first-order chi connectivity index (χ1) is 22.1. The highest BCUT2D eigenvalue weighted by Gasteiger charge is 2.36. The van der Waals surface area contributed by atoms with Crippen LogP contribution < -0.4 is 9.47 Å². The van der Waals surface area contributed by atoms with Gasteiger partial charge in [-0.25, -0.2) is 4.57 Å². The molecule has 1 aliphatic carbocycles. The van der Waals surface area contributed by atoms with Crippen molar-refractivity contribution in [1.29, 1.82) is 0 Å². The second kappa shape index (κ2) is 9.80. The highest BCUT2D eigenvalue weighted by molar-refractivity contribution is 6.09. The van der Waals surface area contributed by atoms with Crippen LogP contribution >= 0.6 is 0 Å². The van der Waals surface area contributed by atoms with Gasteiger partial charge in [0.25, 0.3) is 0 Å². The van der Waals surface area contributed by atoms with E-state index in [9.17, 15) is 0 Å². The van der Waals surface area contributed by atoms with Crippen molar-refractivity contribution in [2.45, 2.75) is 19.3 Å². The molecule has 0 fully saturated rings. The second-order valence-corrected chi connectivity index (χ2v) is 11.9. The minimum absolute atomic E-state index is 0.0766. The lowest BCUT2D eigenvalue weighted by Crippen LogP contribution is -2.15. The van der Waals surface area contributed by atoms with Crippen LogP contribution in [0.3, 0.4) is 0 Å². The first kappa shape index (κ1) is 26.0. The smallest absolute Gasteiger partial charge is 0.416 e. The Hall–Kier alpha value is -5.41. The molecule has 9 heteroatoms. The minimum Gasteiger partial charge on any atom is -0.462 e. The highest BCUT2D eigenvalue weighted by atomic mass is 16.6. The van der Waals surface area contributed by atoms with Crippen molar-refractivity contribution in [3.8, 4) is 46.2 Å². The molecule has 2 bridgehead atoms. The summed E-state index contributed by atoms with van der Waals surface area (Å²) in [6, 6.07) is 31.3. The van der Waals surface area contributed by atoms with Crippen molar-refractivity contribution >= 4 is 21.8 Å². The Labute approximate surface area is 258 Å². The van der Waals surface area contributed by atoms with Crippen LogP contribution in [0.25, 0.3) is 55.9 Å². The van der Waals surface area contributed by atoms with E-state index in [0.29, 0.717) is 32.4 Å². The van der Waals surface area contributed by atoms with Gasteiger partial charge in [0.1, 0.15) is 13.2 Å². The maximum atomic E-state index is 5.98. The largest absolute Gasteiger partial charge is 0.462 e. The summed E-state index contributed by atoms with van der Waals surface area (Å²) in [7, 11) is 0. The average molecular weight is 596 g/mol. The minimum atomic E-state index is -0.233. The van der Waals surface area contributed by atoms with Crippen LogP contribution in [-0.2, 0) is 10.2 Å². The van der Waals surface area contributed by atoms with Gasteiger partial charge in [0, 0.05) is 33.6 Å². The van der Waals surface area contributed by atoms with E-state index in [4.69, 9.17) is 23.6 Å². The number of fused-ring (bicyclic) bond motifs is 10. The maximum absolute atomic E-state index is 5.98. The Morgan fingerprint density at radius 3 is 2.18 bits per heavy atom. The molecule has 9 nitrogen and oxygen atoms in total. The SMILES string of the molecule is CC1(C)c2cc(-c3cn4c(n3)OCCOCCOc3nnc-4o3)ccc2-c2ccc(-n3c4ccccc4c4ccccc43)cc21. The predicted octanol–water partition coefficient (Wildman–Crippen LogP) is 7.11. The van der Waals surface area contributed by atoms with E-state index in [1.165, 1.54) is 44.1 Å². The van der Waals surface area contributed by atoms with Gasteiger partial charge in [0.05, 0.1) is 29.9 Å². The normalized spacial score (nSPS) is 15.4. The fourth-order valence-corrected chi connectivity index (χ4v) is 6.81. The van der Waals surface area contributed by atoms with Gasteiger partial charge >= 0.3 is 18.1 Å². The number of nitrogens with zero attached hydrogens (tertiary/aromatic N) is 5. The Kier molecular flexibility index (Phi) is 5.67. The van der Waals surface area contributed by atoms with E-state index >= 15 is 0 Å². The molecule has 1 aliphatic heterocycles. The monoisotopic (exact) mass is 595 g/mol. The second-order valence-electron chi connectivity index (χ2n) is 11.9. The van der Waals surface area contributed by atoms with E-state index < -0.39 is 0 Å². The Bertz CT molecular complexity index is 2210. The van der Waals surface area contributed by atoms with Crippen LogP contribution in [0.5, 0.6) is 12.1 Å². The number of hydrogen-bond donors (Lipinski definition) is 0.